The molecular weight excluding hydrogens is 309 g/mol. The number of aliphatic hydroxyl groups excluding tert-OH is 1. The summed E-state index contributed by atoms with van der Waals surface area (Å²) in [7, 11) is 0. The van der Waals surface area contributed by atoms with E-state index in [0.29, 0.717) is 29.7 Å². The number of aromatic nitrogens is 3. The lowest BCUT2D eigenvalue weighted by atomic mass is 10.2. The topological polar surface area (TPSA) is 83.0 Å². The van der Waals surface area contributed by atoms with Gasteiger partial charge in [0.1, 0.15) is 11.6 Å². The molecular formula is C17H16FN5O. The summed E-state index contributed by atoms with van der Waals surface area (Å²) in [5.74, 6) is 0.405. The number of benzene rings is 1. The summed E-state index contributed by atoms with van der Waals surface area (Å²) in [6, 6.07) is 11.8. The van der Waals surface area contributed by atoms with Gasteiger partial charge in [-0.15, -0.1) is 0 Å². The lowest BCUT2D eigenvalue weighted by Crippen LogP contribution is -2.10. The van der Waals surface area contributed by atoms with Crippen LogP contribution in [0.4, 0.5) is 21.8 Å². The first-order valence-electron chi connectivity index (χ1n) is 7.42. The van der Waals surface area contributed by atoms with E-state index >= 15 is 0 Å². The van der Waals surface area contributed by atoms with Crippen LogP contribution in [-0.4, -0.2) is 33.2 Å². The Labute approximate surface area is 138 Å². The molecule has 0 saturated heterocycles. The molecule has 0 fully saturated rings. The Kier molecular flexibility index (Phi) is 4.93. The average Bonchev–Trinajstić information content (AvgIpc) is 2.62. The molecule has 6 nitrogen and oxygen atoms in total. The van der Waals surface area contributed by atoms with E-state index in [9.17, 15) is 4.39 Å². The van der Waals surface area contributed by atoms with E-state index in [1.54, 1.807) is 36.7 Å². The summed E-state index contributed by atoms with van der Waals surface area (Å²) in [5, 5.41) is 14.8. The molecule has 0 aliphatic carbocycles. The summed E-state index contributed by atoms with van der Waals surface area (Å²) in [4.78, 5) is 12.8. The Balaban J connectivity index is 1.97. The van der Waals surface area contributed by atoms with Crippen molar-refractivity contribution in [2.24, 2.45) is 0 Å². The molecule has 0 unspecified atom stereocenters. The molecule has 24 heavy (non-hydrogen) atoms. The van der Waals surface area contributed by atoms with Crippen LogP contribution in [0.15, 0.2) is 54.9 Å². The third-order valence-electron chi connectivity index (χ3n) is 3.21. The molecule has 3 aromatic rings. The first kappa shape index (κ1) is 15.8. The molecule has 0 saturated carbocycles. The zero-order valence-corrected chi connectivity index (χ0v) is 12.8. The van der Waals surface area contributed by atoms with Gasteiger partial charge in [0, 0.05) is 30.6 Å². The SMILES string of the molecule is OCCNc1nc(Nc2ccccc2F)cc(-c2cccnc2)n1. The molecule has 1 aromatic carbocycles. The number of rotatable bonds is 6. The number of hydrogen-bond acceptors (Lipinski definition) is 6. The van der Waals surface area contributed by atoms with Crippen molar-refractivity contribution < 1.29 is 9.50 Å². The molecule has 0 aliphatic heterocycles. The summed E-state index contributed by atoms with van der Waals surface area (Å²) in [6.07, 6.45) is 3.36. The summed E-state index contributed by atoms with van der Waals surface area (Å²) < 4.78 is 13.8. The molecule has 2 heterocycles. The zero-order valence-electron chi connectivity index (χ0n) is 12.8. The van der Waals surface area contributed by atoms with Crippen molar-refractivity contribution in [3.05, 3.63) is 60.7 Å². The van der Waals surface area contributed by atoms with Gasteiger partial charge < -0.3 is 15.7 Å². The maximum absolute atomic E-state index is 13.8. The maximum Gasteiger partial charge on any atom is 0.225 e. The van der Waals surface area contributed by atoms with Crippen molar-refractivity contribution in [1.82, 2.24) is 15.0 Å². The fraction of sp³-hybridized carbons (Fsp3) is 0.118. The number of nitrogens with zero attached hydrogens (tertiary/aromatic N) is 3. The number of pyridine rings is 1. The van der Waals surface area contributed by atoms with Crippen LogP contribution in [0.1, 0.15) is 0 Å². The first-order chi connectivity index (χ1) is 11.8. The van der Waals surface area contributed by atoms with Crippen LogP contribution >= 0.6 is 0 Å². The average molecular weight is 325 g/mol. The number of nitrogens with one attached hydrogen (secondary N) is 2. The van der Waals surface area contributed by atoms with Crippen molar-refractivity contribution >= 4 is 17.5 Å². The van der Waals surface area contributed by atoms with Gasteiger partial charge >= 0.3 is 0 Å². The highest BCUT2D eigenvalue weighted by Crippen LogP contribution is 2.24. The Hall–Kier alpha value is -3.06. The highest BCUT2D eigenvalue weighted by Gasteiger charge is 2.09. The van der Waals surface area contributed by atoms with E-state index < -0.39 is 0 Å². The minimum atomic E-state index is -0.371. The number of aliphatic hydroxyl groups is 1. The number of para-hydroxylation sites is 1. The fourth-order valence-corrected chi connectivity index (χ4v) is 2.12. The molecule has 0 atom stereocenters. The van der Waals surface area contributed by atoms with Gasteiger partial charge in [0.05, 0.1) is 18.0 Å². The highest BCUT2D eigenvalue weighted by atomic mass is 19.1. The summed E-state index contributed by atoms with van der Waals surface area (Å²) >= 11 is 0. The smallest absolute Gasteiger partial charge is 0.225 e. The molecule has 3 N–H and O–H groups in total. The highest BCUT2D eigenvalue weighted by molar-refractivity contribution is 5.67. The largest absolute Gasteiger partial charge is 0.395 e. The van der Waals surface area contributed by atoms with Crippen molar-refractivity contribution in [3.63, 3.8) is 0 Å². The van der Waals surface area contributed by atoms with Gasteiger partial charge in [0.15, 0.2) is 0 Å². The van der Waals surface area contributed by atoms with Crippen LogP contribution in [0, 0.1) is 5.82 Å². The Bertz CT molecular complexity index is 813. The quantitative estimate of drug-likeness (QED) is 0.646. The zero-order chi connectivity index (χ0) is 16.8. The van der Waals surface area contributed by atoms with E-state index in [-0.39, 0.29) is 12.4 Å². The molecule has 2 aromatic heterocycles. The van der Waals surface area contributed by atoms with Gasteiger partial charge in [-0.3, -0.25) is 4.98 Å². The van der Waals surface area contributed by atoms with Crippen molar-refractivity contribution in [2.45, 2.75) is 0 Å². The molecule has 0 spiro atoms. The van der Waals surface area contributed by atoms with Crippen LogP contribution in [0.5, 0.6) is 0 Å². The molecule has 0 radical (unpaired) electrons. The van der Waals surface area contributed by atoms with E-state index in [0.717, 1.165) is 5.56 Å². The van der Waals surface area contributed by atoms with Crippen molar-refractivity contribution in [1.29, 1.82) is 0 Å². The number of halogens is 1. The van der Waals surface area contributed by atoms with E-state index in [2.05, 4.69) is 25.6 Å². The Morgan fingerprint density at radius 2 is 1.96 bits per heavy atom. The maximum atomic E-state index is 13.8. The third-order valence-corrected chi connectivity index (χ3v) is 3.21. The first-order valence-corrected chi connectivity index (χ1v) is 7.42. The van der Waals surface area contributed by atoms with E-state index in [4.69, 9.17) is 5.11 Å². The molecule has 0 bridgehead atoms. The van der Waals surface area contributed by atoms with Crippen LogP contribution in [-0.2, 0) is 0 Å². The monoisotopic (exact) mass is 325 g/mol. The van der Waals surface area contributed by atoms with Gasteiger partial charge in [-0.05, 0) is 24.3 Å². The second-order valence-electron chi connectivity index (χ2n) is 4.96. The second-order valence-corrected chi connectivity index (χ2v) is 4.96. The van der Waals surface area contributed by atoms with E-state index in [1.807, 2.05) is 12.1 Å². The minimum absolute atomic E-state index is 0.0451. The molecule has 0 amide bonds. The normalized spacial score (nSPS) is 10.4. The third kappa shape index (κ3) is 3.82. The predicted octanol–water partition coefficient (Wildman–Crippen LogP) is 2.83. The molecule has 7 heteroatoms. The van der Waals surface area contributed by atoms with Gasteiger partial charge in [-0.25, -0.2) is 9.37 Å². The Morgan fingerprint density at radius 1 is 1.08 bits per heavy atom. The van der Waals surface area contributed by atoms with E-state index in [1.165, 1.54) is 6.07 Å². The summed E-state index contributed by atoms with van der Waals surface area (Å²) in [6.45, 7) is 0.270. The summed E-state index contributed by atoms with van der Waals surface area (Å²) in [5.41, 5.74) is 1.77. The standard InChI is InChI=1S/C17H16FN5O/c18-13-5-1-2-6-14(13)21-16-10-15(12-4-3-7-19-11-12)22-17(23-16)20-8-9-24/h1-7,10-11,24H,8-9H2,(H2,20,21,22,23). The van der Waals surface area contributed by atoms with Crippen LogP contribution < -0.4 is 10.6 Å². The van der Waals surface area contributed by atoms with Gasteiger partial charge in [0.2, 0.25) is 5.95 Å². The molecule has 0 aliphatic rings. The van der Waals surface area contributed by atoms with Crippen LogP contribution in [0.2, 0.25) is 0 Å². The predicted molar refractivity (Wildman–Crippen MR) is 90.5 cm³/mol. The van der Waals surface area contributed by atoms with Gasteiger partial charge in [0.25, 0.3) is 0 Å². The fourth-order valence-electron chi connectivity index (χ4n) is 2.12. The van der Waals surface area contributed by atoms with Crippen molar-refractivity contribution in [2.75, 3.05) is 23.8 Å². The minimum Gasteiger partial charge on any atom is -0.395 e. The molecule has 122 valence electrons. The van der Waals surface area contributed by atoms with Gasteiger partial charge in [-0.1, -0.05) is 12.1 Å². The molecule has 3 rings (SSSR count). The second kappa shape index (κ2) is 7.47. The van der Waals surface area contributed by atoms with Crippen LogP contribution in [0.25, 0.3) is 11.3 Å². The number of hydrogen-bond donors (Lipinski definition) is 3. The van der Waals surface area contributed by atoms with Gasteiger partial charge in [-0.2, -0.15) is 4.98 Å². The lowest BCUT2D eigenvalue weighted by Gasteiger charge is -2.11. The lowest BCUT2D eigenvalue weighted by molar-refractivity contribution is 0.311. The van der Waals surface area contributed by atoms with Crippen LogP contribution in [0.3, 0.4) is 0 Å². The number of anilines is 3. The Morgan fingerprint density at radius 3 is 2.71 bits per heavy atom. The van der Waals surface area contributed by atoms with Crippen molar-refractivity contribution in [3.8, 4) is 11.3 Å².